The average molecular weight is 521 g/mol. The number of ether oxygens (including phenoxy) is 2. The highest BCUT2D eigenvalue weighted by Crippen LogP contribution is 2.61. The molecule has 1 aliphatic heterocycles. The number of nitrogens with zero attached hydrogens (tertiary/aromatic N) is 3. The van der Waals surface area contributed by atoms with E-state index in [1.54, 1.807) is 20.8 Å². The molecule has 35 heavy (non-hydrogen) atoms. The van der Waals surface area contributed by atoms with Crippen molar-refractivity contribution in [3.8, 4) is 0 Å². The number of rotatable bonds is 8. The maximum Gasteiger partial charge on any atom is 0.410 e. The monoisotopic (exact) mass is 520 g/mol. The zero-order valence-electron chi connectivity index (χ0n) is 19.9. The fourth-order valence-corrected chi connectivity index (χ4v) is 6.29. The average Bonchev–Trinajstić information content (AvgIpc) is 3.42. The molecule has 2 saturated carbocycles. The maximum absolute atomic E-state index is 13.2. The molecule has 3 unspecified atom stereocenters. The lowest BCUT2D eigenvalue weighted by Crippen LogP contribution is -2.51. The molecule has 1 saturated heterocycles. The van der Waals surface area contributed by atoms with Gasteiger partial charge in [0.15, 0.2) is 5.82 Å². The lowest BCUT2D eigenvalue weighted by atomic mass is 9.86. The van der Waals surface area contributed by atoms with Gasteiger partial charge in [0, 0.05) is 17.5 Å². The number of hydrogen-bond acceptors (Lipinski definition) is 7. The van der Waals surface area contributed by atoms with Crippen LogP contribution in [0.25, 0.3) is 0 Å². The van der Waals surface area contributed by atoms with Gasteiger partial charge in [-0.2, -0.15) is 8.78 Å². The number of aromatic nitrogens is 2. The first kappa shape index (κ1) is 26.1. The van der Waals surface area contributed by atoms with Gasteiger partial charge in [-0.05, 0) is 58.8 Å². The third-order valence-corrected chi connectivity index (χ3v) is 8.35. The van der Waals surface area contributed by atoms with Gasteiger partial charge < -0.3 is 9.47 Å². The number of carbonyl (C=O) groups excluding carboxylic acids is 1. The Balaban J connectivity index is 1.42. The van der Waals surface area contributed by atoms with E-state index < -0.39 is 51.9 Å². The molecule has 3 fully saturated rings. The van der Waals surface area contributed by atoms with E-state index >= 15 is 0 Å². The summed E-state index contributed by atoms with van der Waals surface area (Å²) < 4.78 is 76.5. The van der Waals surface area contributed by atoms with Crippen LogP contribution in [0.1, 0.15) is 58.7 Å². The molecule has 3 aliphatic rings. The van der Waals surface area contributed by atoms with E-state index in [0.717, 1.165) is 12.8 Å². The zero-order valence-corrected chi connectivity index (χ0v) is 20.7. The van der Waals surface area contributed by atoms with Crippen LogP contribution in [0.2, 0.25) is 0 Å². The van der Waals surface area contributed by atoms with Crippen molar-refractivity contribution in [3.63, 3.8) is 0 Å². The van der Waals surface area contributed by atoms with Gasteiger partial charge in [0.2, 0.25) is 0 Å². The quantitative estimate of drug-likeness (QED) is 0.561. The highest BCUT2D eigenvalue weighted by Gasteiger charge is 2.60. The summed E-state index contributed by atoms with van der Waals surface area (Å²) in [4.78, 5) is 22.4. The second-order valence-electron chi connectivity index (χ2n) is 10.0. The molecule has 9 nitrogen and oxygen atoms in total. The van der Waals surface area contributed by atoms with Crippen molar-refractivity contribution in [2.45, 2.75) is 94.4 Å². The highest BCUT2D eigenvalue weighted by atomic mass is 32.2. The van der Waals surface area contributed by atoms with E-state index in [1.165, 1.54) is 17.3 Å². The largest absolute Gasteiger partial charge is 0.447 e. The third kappa shape index (κ3) is 5.41. The van der Waals surface area contributed by atoms with Gasteiger partial charge in [0.05, 0.1) is 37.3 Å². The fourth-order valence-electron chi connectivity index (χ4n) is 5.51. The Morgan fingerprint density at radius 3 is 2.57 bits per heavy atom. The lowest BCUT2D eigenvalue weighted by molar-refractivity contribution is -0.0148. The number of likely N-dealkylation sites (tertiary alicyclic amines) is 1. The van der Waals surface area contributed by atoms with E-state index in [0.29, 0.717) is 18.7 Å². The van der Waals surface area contributed by atoms with Crippen LogP contribution < -0.4 is 4.72 Å². The first-order chi connectivity index (χ1) is 16.4. The summed E-state index contributed by atoms with van der Waals surface area (Å²) in [6, 6.07) is -2.16. The Hall–Kier alpha value is -1.99. The van der Waals surface area contributed by atoms with Gasteiger partial charge in [0.25, 0.3) is 10.0 Å². The predicted octanol–water partition coefficient (Wildman–Crippen LogP) is 2.96. The summed E-state index contributed by atoms with van der Waals surface area (Å²) in [5, 5.41) is 0. The SMILES string of the molecule is CC(C)OC(=O)N1[C@H](C)C[C@H](NS(=O)(=O)C(F)F)[C@@H]1COC1CCC2(c3ncc(F)cn3)CC2C1. The van der Waals surface area contributed by atoms with Crippen molar-refractivity contribution in [1.82, 2.24) is 19.6 Å². The molecule has 0 aromatic carbocycles. The van der Waals surface area contributed by atoms with E-state index in [2.05, 4.69) is 14.7 Å². The number of fused-ring (bicyclic) bond motifs is 1. The Morgan fingerprint density at radius 2 is 1.97 bits per heavy atom. The second kappa shape index (κ2) is 9.81. The molecule has 2 aliphatic carbocycles. The first-order valence-electron chi connectivity index (χ1n) is 11.8. The zero-order chi connectivity index (χ0) is 25.5. The molecule has 4 rings (SSSR count). The molecule has 1 N–H and O–H groups in total. The topological polar surface area (TPSA) is 111 Å². The van der Waals surface area contributed by atoms with Crippen LogP contribution in [0.3, 0.4) is 0 Å². The Kier molecular flexibility index (Phi) is 7.31. The minimum absolute atomic E-state index is 0.0224. The van der Waals surface area contributed by atoms with Crippen molar-refractivity contribution >= 4 is 16.1 Å². The van der Waals surface area contributed by atoms with Gasteiger partial charge in [-0.25, -0.2) is 32.3 Å². The minimum atomic E-state index is -4.86. The number of hydrogen-bond donors (Lipinski definition) is 1. The minimum Gasteiger partial charge on any atom is -0.447 e. The fraction of sp³-hybridized carbons (Fsp3) is 0.773. The standard InChI is InChI=1S/C22H31F3N4O5S/c1-12(2)34-21(30)29-13(3)6-17(28-35(31,32)20(24)25)18(29)11-33-16-4-5-22(8-14(22)7-16)19-26-9-15(23)10-27-19/h9-10,12-14,16-18,20,28H,4-8,11H2,1-3H3/t13-,14?,16?,17+,18+,22?/m1/s1. The van der Waals surface area contributed by atoms with Crippen molar-refractivity contribution in [1.29, 1.82) is 0 Å². The molecule has 2 heterocycles. The van der Waals surface area contributed by atoms with Gasteiger partial charge in [-0.15, -0.1) is 0 Å². The molecular weight excluding hydrogens is 489 g/mol. The molecule has 6 atom stereocenters. The van der Waals surface area contributed by atoms with Crippen LogP contribution in [-0.4, -0.2) is 72.1 Å². The first-order valence-corrected chi connectivity index (χ1v) is 13.4. The van der Waals surface area contributed by atoms with Crippen LogP contribution in [0.5, 0.6) is 0 Å². The van der Waals surface area contributed by atoms with Crippen LogP contribution in [-0.2, 0) is 24.9 Å². The normalized spacial score (nSPS) is 32.7. The number of amides is 1. The molecule has 1 amide bonds. The summed E-state index contributed by atoms with van der Waals surface area (Å²) in [5.41, 5.74) is -0.169. The van der Waals surface area contributed by atoms with E-state index in [-0.39, 0.29) is 30.5 Å². The molecule has 0 bridgehead atoms. The van der Waals surface area contributed by atoms with Gasteiger partial charge >= 0.3 is 11.9 Å². The van der Waals surface area contributed by atoms with Gasteiger partial charge in [0.1, 0.15) is 5.82 Å². The molecule has 0 radical (unpaired) electrons. The highest BCUT2D eigenvalue weighted by molar-refractivity contribution is 7.89. The van der Waals surface area contributed by atoms with Crippen LogP contribution in [0.4, 0.5) is 18.0 Å². The second-order valence-corrected chi connectivity index (χ2v) is 11.7. The molecule has 13 heteroatoms. The summed E-state index contributed by atoms with van der Waals surface area (Å²) in [5.74, 6) is -3.14. The van der Waals surface area contributed by atoms with E-state index in [1.807, 2.05) is 0 Å². The van der Waals surface area contributed by atoms with Crippen LogP contribution in [0, 0.1) is 11.7 Å². The van der Waals surface area contributed by atoms with Crippen LogP contribution in [0.15, 0.2) is 12.4 Å². The summed E-state index contributed by atoms with van der Waals surface area (Å²) in [6.45, 7) is 5.07. The lowest BCUT2D eigenvalue weighted by Gasteiger charge is -2.33. The van der Waals surface area contributed by atoms with Crippen molar-refractivity contribution in [2.24, 2.45) is 5.92 Å². The van der Waals surface area contributed by atoms with Gasteiger partial charge in [-0.3, -0.25) is 4.90 Å². The van der Waals surface area contributed by atoms with E-state index in [4.69, 9.17) is 9.47 Å². The Labute approximate surface area is 202 Å². The number of carbonyl (C=O) groups is 1. The van der Waals surface area contributed by atoms with E-state index in [9.17, 15) is 26.4 Å². The smallest absolute Gasteiger partial charge is 0.410 e. The van der Waals surface area contributed by atoms with Gasteiger partial charge in [-0.1, -0.05) is 0 Å². The molecule has 1 aromatic rings. The van der Waals surface area contributed by atoms with Crippen molar-refractivity contribution in [2.75, 3.05) is 6.61 Å². The number of sulfonamides is 1. The molecule has 0 spiro atoms. The molecule has 1 aromatic heterocycles. The third-order valence-electron chi connectivity index (χ3n) is 7.25. The Morgan fingerprint density at radius 1 is 1.29 bits per heavy atom. The van der Waals surface area contributed by atoms with Crippen molar-refractivity contribution in [3.05, 3.63) is 24.0 Å². The van der Waals surface area contributed by atoms with Crippen LogP contribution >= 0.6 is 0 Å². The van der Waals surface area contributed by atoms with Crippen molar-refractivity contribution < 1.29 is 35.9 Å². The predicted molar refractivity (Wildman–Crippen MR) is 119 cm³/mol. The number of nitrogens with one attached hydrogen (secondary N) is 1. The summed E-state index contributed by atoms with van der Waals surface area (Å²) >= 11 is 0. The summed E-state index contributed by atoms with van der Waals surface area (Å²) in [7, 11) is -4.86. The maximum atomic E-state index is 13.2. The number of alkyl halides is 2. The Bertz CT molecular complexity index is 1030. The molecular formula is C22H31F3N4O5S. The molecule has 196 valence electrons. The summed E-state index contributed by atoms with van der Waals surface area (Å²) in [6.07, 6.45) is 4.34. The number of halogens is 3.